The van der Waals surface area contributed by atoms with Crippen molar-refractivity contribution in [1.82, 2.24) is 34.6 Å². The summed E-state index contributed by atoms with van der Waals surface area (Å²) in [6.45, 7) is 5.34. The lowest BCUT2D eigenvalue weighted by Gasteiger charge is -2.26. The first-order valence-corrected chi connectivity index (χ1v) is 13.0. The summed E-state index contributed by atoms with van der Waals surface area (Å²) in [7, 11) is 0. The summed E-state index contributed by atoms with van der Waals surface area (Å²) in [4.78, 5) is 15.1. The van der Waals surface area contributed by atoms with Gasteiger partial charge in [-0.2, -0.15) is 5.10 Å². The molecule has 6 aromatic rings. The number of H-pyrrole nitrogens is 2. The molecule has 2 N–H and O–H groups in total. The normalized spacial score (nSPS) is 14.6. The third-order valence-corrected chi connectivity index (χ3v) is 7.43. The molecule has 0 atom stereocenters. The highest BCUT2D eigenvalue weighted by Crippen LogP contribution is 2.33. The summed E-state index contributed by atoms with van der Waals surface area (Å²) in [6, 6.07) is 17.2. The molecule has 7 nitrogen and oxygen atoms in total. The zero-order valence-corrected chi connectivity index (χ0v) is 20.9. The fourth-order valence-electron chi connectivity index (χ4n) is 5.55. The van der Waals surface area contributed by atoms with Crippen molar-refractivity contribution in [3.63, 3.8) is 0 Å². The van der Waals surface area contributed by atoms with E-state index >= 15 is 0 Å². The van der Waals surface area contributed by atoms with E-state index in [0.717, 1.165) is 62.2 Å². The van der Waals surface area contributed by atoms with Gasteiger partial charge in [0.25, 0.3) is 0 Å². The monoisotopic (exact) mass is 487 g/mol. The van der Waals surface area contributed by atoms with Crippen LogP contribution >= 0.6 is 0 Å². The molecule has 2 aromatic carbocycles. The third-order valence-electron chi connectivity index (χ3n) is 7.43. The van der Waals surface area contributed by atoms with Crippen molar-refractivity contribution in [3.8, 4) is 28.2 Å². The molecule has 0 aliphatic carbocycles. The summed E-state index contributed by atoms with van der Waals surface area (Å²) in [6.07, 6.45) is 11.8. The van der Waals surface area contributed by atoms with Crippen LogP contribution in [0.25, 0.3) is 50.0 Å². The Morgan fingerprint density at radius 3 is 2.68 bits per heavy atom. The predicted molar refractivity (Wildman–Crippen MR) is 148 cm³/mol. The van der Waals surface area contributed by atoms with Crippen LogP contribution in [-0.2, 0) is 6.54 Å². The number of aryl methyl sites for hydroxylation is 1. The lowest BCUT2D eigenvalue weighted by molar-refractivity contribution is 0.220. The van der Waals surface area contributed by atoms with E-state index in [9.17, 15) is 0 Å². The molecule has 0 bridgehead atoms. The Hall–Kier alpha value is -4.23. The number of imidazole rings is 1. The minimum Gasteiger partial charge on any atom is -0.353 e. The molecule has 0 unspecified atom stereocenters. The quantitative estimate of drug-likeness (QED) is 0.301. The van der Waals surface area contributed by atoms with Gasteiger partial charge >= 0.3 is 0 Å². The molecule has 1 saturated heterocycles. The maximum atomic E-state index is 4.70. The third kappa shape index (κ3) is 4.11. The van der Waals surface area contributed by atoms with E-state index in [1.807, 2.05) is 31.8 Å². The average molecular weight is 488 g/mol. The lowest BCUT2D eigenvalue weighted by atomic mass is 10.0. The van der Waals surface area contributed by atoms with E-state index in [-0.39, 0.29) is 0 Å². The molecule has 1 fully saturated rings. The zero-order chi connectivity index (χ0) is 24.8. The molecule has 7 heteroatoms. The Balaban J connectivity index is 1.26. The van der Waals surface area contributed by atoms with E-state index in [1.54, 1.807) is 0 Å². The zero-order valence-electron chi connectivity index (χ0n) is 20.9. The van der Waals surface area contributed by atoms with Crippen molar-refractivity contribution in [1.29, 1.82) is 0 Å². The molecule has 4 aromatic heterocycles. The number of fused-ring (bicyclic) bond motifs is 2. The average Bonchev–Trinajstić information content (AvgIpc) is 3.66. The Bertz CT molecular complexity index is 1710. The molecule has 37 heavy (non-hydrogen) atoms. The van der Waals surface area contributed by atoms with Gasteiger partial charge in [-0.1, -0.05) is 18.6 Å². The van der Waals surface area contributed by atoms with Crippen LogP contribution in [0.15, 0.2) is 73.4 Å². The van der Waals surface area contributed by atoms with E-state index in [1.165, 1.54) is 37.9 Å². The molecule has 184 valence electrons. The smallest absolute Gasteiger partial charge is 0.116 e. The van der Waals surface area contributed by atoms with Crippen molar-refractivity contribution in [2.24, 2.45) is 0 Å². The fraction of sp³-hybridized carbons (Fsp3) is 0.233. The van der Waals surface area contributed by atoms with Crippen LogP contribution in [0, 0.1) is 6.92 Å². The van der Waals surface area contributed by atoms with Crippen LogP contribution in [0.2, 0.25) is 0 Å². The van der Waals surface area contributed by atoms with Crippen LogP contribution in [0.3, 0.4) is 0 Å². The lowest BCUT2D eigenvalue weighted by Crippen LogP contribution is -2.29. The van der Waals surface area contributed by atoms with Crippen molar-refractivity contribution in [3.05, 3.63) is 84.7 Å². The van der Waals surface area contributed by atoms with Crippen LogP contribution in [0.1, 0.15) is 30.5 Å². The van der Waals surface area contributed by atoms with Crippen LogP contribution in [0.4, 0.5) is 0 Å². The molecule has 0 amide bonds. The number of rotatable bonds is 5. The molecule has 1 aliphatic rings. The maximum Gasteiger partial charge on any atom is 0.116 e. The van der Waals surface area contributed by atoms with Crippen molar-refractivity contribution in [2.45, 2.75) is 32.7 Å². The number of nitrogens with zero attached hydrogens (tertiary/aromatic N) is 5. The van der Waals surface area contributed by atoms with Gasteiger partial charge in [-0.15, -0.1) is 0 Å². The number of hydrogen-bond donors (Lipinski definition) is 2. The topological polar surface area (TPSA) is 78.4 Å². The number of aromatic nitrogens is 6. The standard InChI is InChI=1S/C30H29N7/c1-20-17-37(19-32-20)29-7-5-6-26-24(29)14-28(33-26)30-25-13-22(8-9-27(25)34-35-30)23-12-21(15-31-16-23)18-36-10-3-2-4-11-36/h5-9,12-17,19,33H,2-4,10-11,18H2,1H3,(H,34,35). The Kier molecular flexibility index (Phi) is 5.36. The highest BCUT2D eigenvalue weighted by Gasteiger charge is 2.15. The first kappa shape index (κ1) is 22.0. The van der Waals surface area contributed by atoms with Crippen LogP contribution in [0.5, 0.6) is 0 Å². The molecule has 1 aliphatic heterocycles. The van der Waals surface area contributed by atoms with Gasteiger partial charge in [0.05, 0.1) is 28.9 Å². The van der Waals surface area contributed by atoms with Gasteiger partial charge in [0.2, 0.25) is 0 Å². The van der Waals surface area contributed by atoms with Crippen LogP contribution < -0.4 is 0 Å². The molecule has 0 saturated carbocycles. The van der Waals surface area contributed by atoms with Gasteiger partial charge in [-0.05, 0) is 80.4 Å². The number of hydrogen-bond acceptors (Lipinski definition) is 4. The Morgan fingerprint density at radius 2 is 1.81 bits per heavy atom. The Labute approximate surface area is 215 Å². The van der Waals surface area contributed by atoms with Gasteiger partial charge in [0.15, 0.2) is 0 Å². The van der Waals surface area contributed by atoms with Crippen molar-refractivity contribution in [2.75, 3.05) is 13.1 Å². The van der Waals surface area contributed by atoms with Gasteiger partial charge in [0, 0.05) is 47.0 Å². The molecular weight excluding hydrogens is 458 g/mol. The summed E-state index contributed by atoms with van der Waals surface area (Å²) < 4.78 is 2.07. The number of piperidine rings is 1. The number of pyridine rings is 1. The summed E-state index contributed by atoms with van der Waals surface area (Å²) in [5.41, 5.74) is 9.63. The largest absolute Gasteiger partial charge is 0.353 e. The van der Waals surface area contributed by atoms with Gasteiger partial charge in [0.1, 0.15) is 5.69 Å². The molecule has 0 spiro atoms. The highest BCUT2D eigenvalue weighted by molar-refractivity contribution is 5.99. The first-order valence-electron chi connectivity index (χ1n) is 13.0. The van der Waals surface area contributed by atoms with Gasteiger partial charge in [-0.3, -0.25) is 15.0 Å². The van der Waals surface area contributed by atoms with E-state index < -0.39 is 0 Å². The second-order valence-electron chi connectivity index (χ2n) is 10.1. The van der Waals surface area contributed by atoms with E-state index in [0.29, 0.717) is 0 Å². The SMILES string of the molecule is Cc1cn(-c2cccc3[nH]c(-c4n[nH]c5ccc(-c6cncc(CN7CCCCC7)c6)cc45)cc23)cn1. The number of likely N-dealkylation sites (tertiary alicyclic amines) is 1. The highest BCUT2D eigenvalue weighted by atomic mass is 15.1. The van der Waals surface area contributed by atoms with Crippen LogP contribution in [-0.4, -0.2) is 47.7 Å². The summed E-state index contributed by atoms with van der Waals surface area (Å²) in [5.74, 6) is 0. The summed E-state index contributed by atoms with van der Waals surface area (Å²) in [5, 5.41) is 10.1. The second kappa shape index (κ2) is 9.01. The van der Waals surface area contributed by atoms with E-state index in [2.05, 4.69) is 78.0 Å². The van der Waals surface area contributed by atoms with E-state index in [4.69, 9.17) is 5.10 Å². The number of benzene rings is 2. The number of nitrogens with one attached hydrogen (secondary N) is 2. The Morgan fingerprint density at radius 1 is 0.892 bits per heavy atom. The predicted octanol–water partition coefficient (Wildman–Crippen LogP) is 6.25. The minimum atomic E-state index is 0.915. The first-order chi connectivity index (χ1) is 18.2. The van der Waals surface area contributed by atoms with Gasteiger partial charge in [-0.25, -0.2) is 4.98 Å². The summed E-state index contributed by atoms with van der Waals surface area (Å²) >= 11 is 0. The number of aromatic amines is 2. The van der Waals surface area contributed by atoms with Gasteiger partial charge < -0.3 is 9.55 Å². The molecule has 5 heterocycles. The van der Waals surface area contributed by atoms with Crippen molar-refractivity contribution < 1.29 is 0 Å². The van der Waals surface area contributed by atoms with Crippen molar-refractivity contribution >= 4 is 21.8 Å². The fourth-order valence-corrected chi connectivity index (χ4v) is 5.55. The second-order valence-corrected chi connectivity index (χ2v) is 10.1. The molecule has 7 rings (SSSR count). The molecular formula is C30H29N7. The minimum absolute atomic E-state index is 0.915. The maximum absolute atomic E-state index is 4.70. The molecule has 0 radical (unpaired) electrons.